The molecule has 2 amide bonds. The Morgan fingerprint density at radius 3 is 2.16 bits per heavy atom. The van der Waals surface area contributed by atoms with Crippen molar-refractivity contribution in [2.75, 3.05) is 35.7 Å². The van der Waals surface area contributed by atoms with E-state index in [9.17, 15) is 9.59 Å². The van der Waals surface area contributed by atoms with Crippen molar-refractivity contribution in [2.45, 2.75) is 13.3 Å². The van der Waals surface area contributed by atoms with E-state index in [1.54, 1.807) is 36.2 Å². The summed E-state index contributed by atoms with van der Waals surface area (Å²) in [5, 5.41) is 5.91. The topological polar surface area (TPSA) is 70.7 Å². The maximum absolute atomic E-state index is 12.6. The van der Waals surface area contributed by atoms with E-state index in [1.165, 1.54) is 0 Å². The third-order valence-electron chi connectivity index (χ3n) is 4.64. The molecule has 0 unspecified atom stereocenters. The quantitative estimate of drug-likeness (QED) is 0.525. The third kappa shape index (κ3) is 6.34. The molecule has 3 rings (SSSR count). The number of nitrogens with zero attached hydrogens (tertiary/aromatic N) is 1. The predicted octanol–water partition coefficient (Wildman–Crippen LogP) is 4.80. The summed E-state index contributed by atoms with van der Waals surface area (Å²) < 4.78 is 5.53. The summed E-state index contributed by atoms with van der Waals surface area (Å²) in [4.78, 5) is 26.4. The molecule has 0 spiro atoms. The van der Waals surface area contributed by atoms with Gasteiger partial charge in [-0.05, 0) is 67.1 Å². The van der Waals surface area contributed by atoms with Gasteiger partial charge in [-0.2, -0.15) is 0 Å². The van der Waals surface area contributed by atoms with Crippen molar-refractivity contribution >= 4 is 28.9 Å². The Kier molecular flexibility index (Phi) is 7.65. The molecule has 0 saturated carbocycles. The van der Waals surface area contributed by atoms with Crippen LogP contribution in [0.15, 0.2) is 78.9 Å². The molecule has 0 aromatic heterocycles. The summed E-state index contributed by atoms with van der Waals surface area (Å²) in [5.74, 6) is 0.526. The first-order valence-corrected chi connectivity index (χ1v) is 10.3. The molecule has 0 bridgehead atoms. The van der Waals surface area contributed by atoms with Gasteiger partial charge in [0, 0.05) is 29.7 Å². The Morgan fingerprint density at radius 1 is 0.871 bits per heavy atom. The molecule has 6 nitrogen and oxygen atoms in total. The van der Waals surface area contributed by atoms with Gasteiger partial charge in [0.1, 0.15) is 5.75 Å². The summed E-state index contributed by atoms with van der Waals surface area (Å²) in [6.45, 7) is 2.84. The highest BCUT2D eigenvalue weighted by Crippen LogP contribution is 2.18. The first-order chi connectivity index (χ1) is 15.1. The molecule has 0 saturated heterocycles. The van der Waals surface area contributed by atoms with Gasteiger partial charge in [0.05, 0.1) is 13.2 Å². The molecule has 0 aliphatic carbocycles. The first kappa shape index (κ1) is 21.9. The van der Waals surface area contributed by atoms with Crippen LogP contribution >= 0.6 is 0 Å². The summed E-state index contributed by atoms with van der Waals surface area (Å²) >= 11 is 0. The molecule has 0 fully saturated rings. The summed E-state index contributed by atoms with van der Waals surface area (Å²) in [7, 11) is 1.75. The van der Waals surface area contributed by atoms with Crippen LogP contribution in [0.25, 0.3) is 0 Å². The lowest BCUT2D eigenvalue weighted by atomic mass is 10.1. The number of carbonyl (C=O) groups is 2. The van der Waals surface area contributed by atoms with Crippen molar-refractivity contribution < 1.29 is 14.3 Å². The normalized spacial score (nSPS) is 10.3. The van der Waals surface area contributed by atoms with Crippen LogP contribution in [-0.2, 0) is 4.79 Å². The summed E-state index contributed by atoms with van der Waals surface area (Å²) in [6, 6.07) is 23.8. The van der Waals surface area contributed by atoms with Crippen molar-refractivity contribution in [3.05, 3.63) is 84.4 Å². The van der Waals surface area contributed by atoms with E-state index >= 15 is 0 Å². The Balaban J connectivity index is 1.49. The summed E-state index contributed by atoms with van der Waals surface area (Å²) in [6.07, 6.45) is 0.947. The van der Waals surface area contributed by atoms with Gasteiger partial charge in [0.2, 0.25) is 5.91 Å². The number of para-hydroxylation sites is 1. The average Bonchev–Trinajstić information content (AvgIpc) is 2.82. The highest BCUT2D eigenvalue weighted by Gasteiger charge is 2.13. The lowest BCUT2D eigenvalue weighted by Crippen LogP contribution is -2.26. The van der Waals surface area contributed by atoms with Gasteiger partial charge in [0.15, 0.2) is 0 Å². The standard InChI is InChI=1S/C25H27N3O3/c1-3-17-31-23-15-13-21(14-16-23)27-24(29)18-26-20-11-9-19(10-12-20)25(30)28(2)22-7-5-4-6-8-22/h4-16,26H,3,17-18H2,1-2H3,(H,27,29). The molecule has 0 radical (unpaired) electrons. The fourth-order valence-corrected chi connectivity index (χ4v) is 2.94. The Bertz CT molecular complexity index is 987. The zero-order valence-electron chi connectivity index (χ0n) is 17.8. The van der Waals surface area contributed by atoms with Gasteiger partial charge in [-0.25, -0.2) is 0 Å². The lowest BCUT2D eigenvalue weighted by molar-refractivity contribution is -0.114. The average molecular weight is 418 g/mol. The minimum absolute atomic E-state index is 0.0955. The van der Waals surface area contributed by atoms with Gasteiger partial charge in [-0.3, -0.25) is 9.59 Å². The van der Waals surface area contributed by atoms with Gasteiger partial charge in [-0.1, -0.05) is 25.1 Å². The number of hydrogen-bond acceptors (Lipinski definition) is 4. The molecule has 31 heavy (non-hydrogen) atoms. The predicted molar refractivity (Wildman–Crippen MR) is 125 cm³/mol. The number of carbonyl (C=O) groups excluding carboxylic acids is 2. The minimum atomic E-state index is -0.161. The van der Waals surface area contributed by atoms with E-state index < -0.39 is 0 Å². The molecule has 6 heteroatoms. The van der Waals surface area contributed by atoms with Crippen LogP contribution in [0.3, 0.4) is 0 Å². The fraction of sp³-hybridized carbons (Fsp3) is 0.200. The number of anilines is 3. The van der Waals surface area contributed by atoms with E-state index in [0.29, 0.717) is 17.9 Å². The molecule has 160 valence electrons. The van der Waals surface area contributed by atoms with Crippen LogP contribution in [0.5, 0.6) is 5.75 Å². The molecular weight excluding hydrogens is 390 g/mol. The smallest absolute Gasteiger partial charge is 0.258 e. The third-order valence-corrected chi connectivity index (χ3v) is 4.64. The largest absolute Gasteiger partial charge is 0.494 e. The maximum atomic E-state index is 12.6. The fourth-order valence-electron chi connectivity index (χ4n) is 2.94. The van der Waals surface area contributed by atoms with Crippen LogP contribution in [0.4, 0.5) is 17.1 Å². The van der Waals surface area contributed by atoms with Crippen LogP contribution in [-0.4, -0.2) is 32.0 Å². The monoisotopic (exact) mass is 417 g/mol. The Morgan fingerprint density at radius 2 is 1.52 bits per heavy atom. The number of rotatable bonds is 9. The molecular formula is C25H27N3O3. The number of hydrogen-bond donors (Lipinski definition) is 2. The molecule has 0 aliphatic rings. The Hall–Kier alpha value is -3.80. The molecule has 3 aromatic carbocycles. The van der Waals surface area contributed by atoms with Crippen molar-refractivity contribution in [1.82, 2.24) is 0 Å². The van der Waals surface area contributed by atoms with Crippen molar-refractivity contribution in [1.29, 1.82) is 0 Å². The van der Waals surface area contributed by atoms with Crippen LogP contribution in [0.1, 0.15) is 23.7 Å². The van der Waals surface area contributed by atoms with E-state index in [4.69, 9.17) is 4.74 Å². The van der Waals surface area contributed by atoms with Crippen LogP contribution in [0.2, 0.25) is 0 Å². The van der Waals surface area contributed by atoms with Gasteiger partial charge < -0.3 is 20.3 Å². The number of nitrogens with one attached hydrogen (secondary N) is 2. The minimum Gasteiger partial charge on any atom is -0.494 e. The number of ether oxygens (including phenoxy) is 1. The summed E-state index contributed by atoms with van der Waals surface area (Å²) in [5.41, 5.74) is 2.88. The lowest BCUT2D eigenvalue weighted by Gasteiger charge is -2.17. The molecule has 3 aromatic rings. The van der Waals surface area contributed by atoms with E-state index in [0.717, 1.165) is 23.5 Å². The Labute approximate surface area is 182 Å². The van der Waals surface area contributed by atoms with Crippen molar-refractivity contribution in [3.63, 3.8) is 0 Å². The van der Waals surface area contributed by atoms with Gasteiger partial charge in [-0.15, -0.1) is 0 Å². The highest BCUT2D eigenvalue weighted by molar-refractivity contribution is 6.05. The molecule has 2 N–H and O–H groups in total. The molecule has 0 heterocycles. The first-order valence-electron chi connectivity index (χ1n) is 10.3. The van der Waals surface area contributed by atoms with Crippen molar-refractivity contribution in [2.24, 2.45) is 0 Å². The second kappa shape index (κ2) is 10.8. The number of benzene rings is 3. The SMILES string of the molecule is CCCOc1ccc(NC(=O)CNc2ccc(C(=O)N(C)c3ccccc3)cc2)cc1. The van der Waals surface area contributed by atoms with Gasteiger partial charge in [0.25, 0.3) is 5.91 Å². The van der Waals surface area contributed by atoms with Crippen molar-refractivity contribution in [3.8, 4) is 5.75 Å². The van der Waals surface area contributed by atoms with E-state index in [-0.39, 0.29) is 18.4 Å². The second-order valence-electron chi connectivity index (χ2n) is 7.05. The van der Waals surface area contributed by atoms with E-state index in [2.05, 4.69) is 17.6 Å². The second-order valence-corrected chi connectivity index (χ2v) is 7.05. The zero-order valence-corrected chi connectivity index (χ0v) is 17.8. The highest BCUT2D eigenvalue weighted by atomic mass is 16.5. The number of amides is 2. The zero-order chi connectivity index (χ0) is 22.1. The van der Waals surface area contributed by atoms with E-state index in [1.807, 2.05) is 54.6 Å². The van der Waals surface area contributed by atoms with Crippen LogP contribution < -0.4 is 20.3 Å². The van der Waals surface area contributed by atoms with Gasteiger partial charge >= 0.3 is 0 Å². The maximum Gasteiger partial charge on any atom is 0.258 e. The molecule has 0 aliphatic heterocycles. The molecule has 0 atom stereocenters. The van der Waals surface area contributed by atoms with Crippen LogP contribution in [0, 0.1) is 0 Å².